The van der Waals surface area contributed by atoms with E-state index < -0.39 is 0 Å². The second-order valence-corrected chi connectivity index (χ2v) is 6.19. The van der Waals surface area contributed by atoms with Gasteiger partial charge >= 0.3 is 0 Å². The number of aromatic nitrogens is 2. The van der Waals surface area contributed by atoms with E-state index in [1.165, 1.54) is 0 Å². The van der Waals surface area contributed by atoms with E-state index in [1.54, 1.807) is 7.11 Å². The van der Waals surface area contributed by atoms with Gasteiger partial charge in [-0.1, -0.05) is 18.2 Å². The molecule has 2 rings (SSSR count). The zero-order chi connectivity index (χ0) is 19.5. The molecule has 0 radical (unpaired) electrons. The van der Waals surface area contributed by atoms with E-state index in [0.717, 1.165) is 35.1 Å². The van der Waals surface area contributed by atoms with Gasteiger partial charge in [-0.15, -0.1) is 0 Å². The van der Waals surface area contributed by atoms with Crippen molar-refractivity contribution in [1.82, 2.24) is 20.4 Å². The van der Waals surface area contributed by atoms with Gasteiger partial charge in [0.15, 0.2) is 5.96 Å². The highest BCUT2D eigenvalue weighted by atomic mass is 16.5. The molecule has 0 saturated heterocycles. The highest BCUT2D eigenvalue weighted by Gasteiger charge is 2.08. The van der Waals surface area contributed by atoms with Gasteiger partial charge in [0, 0.05) is 25.9 Å². The molecular formula is C20H31N5O2. The molecule has 0 saturated carbocycles. The van der Waals surface area contributed by atoms with Crippen LogP contribution < -0.4 is 10.6 Å². The summed E-state index contributed by atoms with van der Waals surface area (Å²) in [6.07, 6.45) is 0. The summed E-state index contributed by atoms with van der Waals surface area (Å²) in [5.74, 6) is 0.774. The Morgan fingerprint density at radius 3 is 2.67 bits per heavy atom. The largest absolute Gasteiger partial charge is 0.382 e. The van der Waals surface area contributed by atoms with Crippen molar-refractivity contribution in [2.75, 3.05) is 40.0 Å². The van der Waals surface area contributed by atoms with Crippen molar-refractivity contribution in [3.8, 4) is 5.69 Å². The molecule has 0 unspecified atom stereocenters. The van der Waals surface area contributed by atoms with Crippen LogP contribution in [0.25, 0.3) is 5.69 Å². The van der Waals surface area contributed by atoms with Crippen LogP contribution in [-0.2, 0) is 16.0 Å². The molecule has 148 valence electrons. The second-order valence-electron chi connectivity index (χ2n) is 6.19. The highest BCUT2D eigenvalue weighted by molar-refractivity contribution is 5.79. The second kappa shape index (κ2) is 11.4. The van der Waals surface area contributed by atoms with E-state index in [9.17, 15) is 0 Å². The summed E-state index contributed by atoms with van der Waals surface area (Å²) in [7, 11) is 1.67. The molecule has 0 aliphatic heterocycles. The number of benzene rings is 1. The monoisotopic (exact) mass is 373 g/mol. The van der Waals surface area contributed by atoms with Gasteiger partial charge in [-0.3, -0.25) is 0 Å². The fourth-order valence-electron chi connectivity index (χ4n) is 2.72. The lowest BCUT2D eigenvalue weighted by atomic mass is 10.2. The third-order valence-electron chi connectivity index (χ3n) is 3.95. The third kappa shape index (κ3) is 6.69. The van der Waals surface area contributed by atoms with Crippen LogP contribution in [0.15, 0.2) is 35.3 Å². The summed E-state index contributed by atoms with van der Waals surface area (Å²) in [4.78, 5) is 4.71. The fourth-order valence-corrected chi connectivity index (χ4v) is 2.72. The molecule has 1 heterocycles. The minimum absolute atomic E-state index is 0.564. The molecule has 2 aromatic rings. The molecular weight excluding hydrogens is 342 g/mol. The highest BCUT2D eigenvalue weighted by Crippen LogP contribution is 2.17. The Morgan fingerprint density at radius 2 is 1.96 bits per heavy atom. The first-order valence-electron chi connectivity index (χ1n) is 9.36. The van der Waals surface area contributed by atoms with E-state index in [1.807, 2.05) is 23.7 Å². The van der Waals surface area contributed by atoms with Crippen molar-refractivity contribution in [3.05, 3.63) is 47.3 Å². The summed E-state index contributed by atoms with van der Waals surface area (Å²) in [6, 6.07) is 10.3. The molecule has 0 aliphatic carbocycles. The number of aryl methyl sites for hydroxylation is 2. The fraction of sp³-hybridized carbons (Fsp3) is 0.500. The Hall–Kier alpha value is -2.38. The topological polar surface area (TPSA) is 72.7 Å². The number of rotatable bonds is 10. The number of hydrogen-bond donors (Lipinski definition) is 2. The summed E-state index contributed by atoms with van der Waals surface area (Å²) >= 11 is 0. The van der Waals surface area contributed by atoms with Crippen molar-refractivity contribution in [1.29, 1.82) is 0 Å². The Bertz CT molecular complexity index is 727. The number of methoxy groups -OCH3 is 1. The molecule has 0 bridgehead atoms. The predicted molar refractivity (Wildman–Crippen MR) is 109 cm³/mol. The number of aliphatic imine (C=N–C) groups is 1. The summed E-state index contributed by atoms with van der Waals surface area (Å²) in [5, 5.41) is 11.2. The van der Waals surface area contributed by atoms with Crippen LogP contribution in [-0.4, -0.2) is 55.8 Å². The molecule has 0 atom stereocenters. The van der Waals surface area contributed by atoms with Crippen LogP contribution >= 0.6 is 0 Å². The van der Waals surface area contributed by atoms with Crippen molar-refractivity contribution >= 4 is 5.96 Å². The lowest BCUT2D eigenvalue weighted by Gasteiger charge is -2.13. The van der Waals surface area contributed by atoms with Gasteiger partial charge in [-0.25, -0.2) is 9.67 Å². The molecule has 0 fully saturated rings. The van der Waals surface area contributed by atoms with Gasteiger partial charge in [-0.05, 0) is 38.5 Å². The zero-order valence-electron chi connectivity index (χ0n) is 16.8. The summed E-state index contributed by atoms with van der Waals surface area (Å²) in [5.41, 5.74) is 4.30. The van der Waals surface area contributed by atoms with Gasteiger partial charge in [0.2, 0.25) is 0 Å². The van der Waals surface area contributed by atoms with Gasteiger partial charge in [-0.2, -0.15) is 5.10 Å². The first-order valence-corrected chi connectivity index (χ1v) is 9.36. The standard InChI is InChI=1S/C20H31N5O2/c1-5-21-20(22-10-11-27-13-12-26-4)23-15-18-8-6-7-9-19(18)25-17(3)14-16(2)24-25/h6-9,14H,5,10-13,15H2,1-4H3,(H2,21,22,23). The van der Waals surface area contributed by atoms with Crippen molar-refractivity contribution < 1.29 is 9.47 Å². The number of guanidine groups is 1. The van der Waals surface area contributed by atoms with Gasteiger partial charge in [0.1, 0.15) is 0 Å². The third-order valence-corrected chi connectivity index (χ3v) is 3.95. The number of nitrogens with zero attached hydrogens (tertiary/aromatic N) is 3. The molecule has 7 heteroatoms. The number of para-hydroxylation sites is 1. The van der Waals surface area contributed by atoms with Gasteiger partial charge in [0.05, 0.1) is 37.7 Å². The minimum Gasteiger partial charge on any atom is -0.382 e. The van der Waals surface area contributed by atoms with Gasteiger partial charge < -0.3 is 20.1 Å². The number of ether oxygens (including phenoxy) is 2. The van der Waals surface area contributed by atoms with E-state index in [2.05, 4.69) is 47.8 Å². The average molecular weight is 374 g/mol. The Labute approximate surface area is 161 Å². The van der Waals surface area contributed by atoms with Gasteiger partial charge in [0.25, 0.3) is 0 Å². The Morgan fingerprint density at radius 1 is 1.15 bits per heavy atom. The van der Waals surface area contributed by atoms with Crippen molar-refractivity contribution in [3.63, 3.8) is 0 Å². The molecule has 2 N–H and O–H groups in total. The maximum Gasteiger partial charge on any atom is 0.191 e. The molecule has 0 amide bonds. The molecule has 0 spiro atoms. The van der Waals surface area contributed by atoms with Crippen LogP contribution in [0.1, 0.15) is 23.9 Å². The van der Waals surface area contributed by atoms with Crippen LogP contribution in [0, 0.1) is 13.8 Å². The smallest absolute Gasteiger partial charge is 0.191 e. The first kappa shape index (κ1) is 20.9. The zero-order valence-corrected chi connectivity index (χ0v) is 16.8. The van der Waals surface area contributed by atoms with E-state index in [-0.39, 0.29) is 0 Å². The van der Waals surface area contributed by atoms with Crippen LogP contribution in [0.2, 0.25) is 0 Å². The van der Waals surface area contributed by atoms with E-state index >= 15 is 0 Å². The number of hydrogen-bond acceptors (Lipinski definition) is 4. The van der Waals surface area contributed by atoms with Crippen molar-refractivity contribution in [2.45, 2.75) is 27.3 Å². The first-order chi connectivity index (χ1) is 13.2. The normalized spacial score (nSPS) is 11.6. The molecule has 0 aliphatic rings. The Kier molecular flexibility index (Phi) is 8.80. The van der Waals surface area contributed by atoms with Crippen LogP contribution in [0.4, 0.5) is 0 Å². The average Bonchev–Trinajstić information content (AvgIpc) is 3.00. The van der Waals surface area contributed by atoms with Crippen molar-refractivity contribution in [2.24, 2.45) is 4.99 Å². The molecule has 27 heavy (non-hydrogen) atoms. The molecule has 1 aromatic carbocycles. The molecule has 1 aromatic heterocycles. The van der Waals surface area contributed by atoms with Crippen LogP contribution in [0.5, 0.6) is 0 Å². The predicted octanol–water partition coefficient (Wildman–Crippen LogP) is 2.21. The van der Waals surface area contributed by atoms with Crippen LogP contribution in [0.3, 0.4) is 0 Å². The maximum atomic E-state index is 5.48. The SMILES string of the molecule is CCNC(=NCc1ccccc1-n1nc(C)cc1C)NCCOCCOC. The lowest BCUT2D eigenvalue weighted by molar-refractivity contribution is 0.0733. The quantitative estimate of drug-likeness (QED) is 0.379. The summed E-state index contributed by atoms with van der Waals surface area (Å²) < 4.78 is 12.4. The van der Waals surface area contributed by atoms with E-state index in [4.69, 9.17) is 14.5 Å². The van der Waals surface area contributed by atoms with E-state index in [0.29, 0.717) is 32.9 Å². The minimum atomic E-state index is 0.564. The number of nitrogens with one attached hydrogen (secondary N) is 2. The lowest BCUT2D eigenvalue weighted by Crippen LogP contribution is -2.39. The maximum absolute atomic E-state index is 5.48. The summed E-state index contributed by atoms with van der Waals surface area (Å²) in [6.45, 7) is 9.99. The Balaban J connectivity index is 2.02. The molecule has 7 nitrogen and oxygen atoms in total.